The van der Waals surface area contributed by atoms with Gasteiger partial charge < -0.3 is 0 Å². The van der Waals surface area contributed by atoms with Crippen molar-refractivity contribution in [2.75, 3.05) is 0 Å². The molecule has 14 aromatic rings. The van der Waals surface area contributed by atoms with Gasteiger partial charge in [0.05, 0.1) is 49.8 Å². The number of para-hydroxylation sites is 8. The highest BCUT2D eigenvalue weighted by atomic mass is 28.3. The molecule has 14 rings (SSSR count). The first kappa shape index (κ1) is 39.0. The summed E-state index contributed by atoms with van der Waals surface area (Å²) in [5.41, 5.74) is 12.0. The summed E-state index contributed by atoms with van der Waals surface area (Å²) in [4.78, 5) is 21.7. The number of hydrogen-bond donors (Lipinski definition) is 0. The van der Waals surface area contributed by atoms with Gasteiger partial charge in [-0.3, -0.25) is 13.4 Å². The van der Waals surface area contributed by atoms with Crippen LogP contribution < -0.4 is 20.7 Å². The van der Waals surface area contributed by atoms with Crippen molar-refractivity contribution in [3.63, 3.8) is 0 Å². The van der Waals surface area contributed by atoms with E-state index in [1.165, 1.54) is 31.9 Å². The summed E-state index contributed by atoms with van der Waals surface area (Å²) in [6, 6.07) is 86.8. The van der Waals surface area contributed by atoms with Gasteiger partial charge in [0.25, 0.3) is 0 Å². The smallest absolute Gasteiger partial charge is 0.239 e. The second-order valence-electron chi connectivity index (χ2n) is 17.5. The first-order valence-electron chi connectivity index (χ1n) is 23.2. The molecular formula is C60H40N8Si. The number of aromatic nitrogens is 8. The highest BCUT2D eigenvalue weighted by molar-refractivity contribution is 7.20. The van der Waals surface area contributed by atoms with Crippen molar-refractivity contribution < 1.29 is 0 Å². The van der Waals surface area contributed by atoms with Crippen LogP contribution in [0.25, 0.3) is 89.8 Å². The lowest BCUT2D eigenvalue weighted by atomic mass is 10.1. The summed E-state index contributed by atoms with van der Waals surface area (Å²) in [5, 5.41) is 5.12. The SMILES string of the molecule is c1ccc(-c2cccc([Si](c3ccccc3)(c3ccccc3)c3cccc(-c4cc(-n5c6ccccc6n6c7ccccc7nc56)nc(-n5c6ccccc6n6c7ccccc7nc56)n4)c3)c2)cc1. The van der Waals surface area contributed by atoms with Crippen molar-refractivity contribution in [1.29, 1.82) is 0 Å². The monoisotopic (exact) mass is 900 g/mol. The highest BCUT2D eigenvalue weighted by Crippen LogP contribution is 2.33. The van der Waals surface area contributed by atoms with Gasteiger partial charge in [-0.05, 0) is 80.4 Å². The Balaban J connectivity index is 1.07. The van der Waals surface area contributed by atoms with Crippen LogP contribution in [-0.4, -0.2) is 45.9 Å². The topological polar surface area (TPSA) is 70.2 Å². The van der Waals surface area contributed by atoms with Crippen LogP contribution in [0.4, 0.5) is 0 Å². The van der Waals surface area contributed by atoms with Crippen LogP contribution in [0.5, 0.6) is 0 Å². The Morgan fingerprint density at radius 3 is 1.29 bits per heavy atom. The summed E-state index contributed by atoms with van der Waals surface area (Å²) in [5.74, 6) is 2.71. The van der Waals surface area contributed by atoms with Crippen molar-refractivity contribution in [2.24, 2.45) is 0 Å². The lowest BCUT2D eigenvalue weighted by molar-refractivity contribution is 0.930. The average Bonchev–Trinajstić information content (AvgIpc) is 4.17. The molecule has 0 aliphatic heterocycles. The minimum absolute atomic E-state index is 0.506. The number of nitrogens with zero attached hydrogens (tertiary/aromatic N) is 8. The molecular weight excluding hydrogens is 861 g/mol. The fraction of sp³-hybridized carbons (Fsp3) is 0. The standard InChI is InChI=1S/C60H40N8Si/c1-4-20-41(21-5-1)42-22-18-28-46(38-42)69(44-24-6-2-7-25-44,45-26-8-3-9-27-45)47-29-19-23-43(39-47)50-40-57(67-55-36-16-14-34-53(55)65-51-32-12-10-30-48(51)62-59(65)67)64-58(61-50)68-56-37-17-15-35-54(56)66-52-33-13-11-31-49(52)63-60(66)68/h1-40H. The average molecular weight is 901 g/mol. The second-order valence-corrected chi connectivity index (χ2v) is 21.4. The minimum atomic E-state index is -3.03. The molecule has 5 heterocycles. The van der Waals surface area contributed by atoms with Crippen LogP contribution in [0.1, 0.15) is 0 Å². The molecule has 0 spiro atoms. The quantitative estimate of drug-likeness (QED) is 0.113. The van der Waals surface area contributed by atoms with Crippen molar-refractivity contribution in [1.82, 2.24) is 37.9 Å². The summed E-state index contributed by atoms with van der Waals surface area (Å²) >= 11 is 0. The normalized spacial score (nSPS) is 12.1. The Hall–Kier alpha value is -9.18. The van der Waals surface area contributed by atoms with Crippen LogP contribution >= 0.6 is 0 Å². The lowest BCUT2D eigenvalue weighted by Crippen LogP contribution is -2.74. The molecule has 0 amide bonds. The molecule has 9 aromatic carbocycles. The van der Waals surface area contributed by atoms with E-state index in [9.17, 15) is 0 Å². The van der Waals surface area contributed by atoms with Gasteiger partial charge in [0.2, 0.25) is 17.5 Å². The van der Waals surface area contributed by atoms with Crippen LogP contribution in [0, 0.1) is 0 Å². The van der Waals surface area contributed by atoms with Gasteiger partial charge >= 0.3 is 0 Å². The van der Waals surface area contributed by atoms with Crippen LogP contribution in [-0.2, 0) is 0 Å². The van der Waals surface area contributed by atoms with E-state index in [0.29, 0.717) is 11.8 Å². The fourth-order valence-corrected chi connectivity index (χ4v) is 15.6. The van der Waals surface area contributed by atoms with Gasteiger partial charge in [0.1, 0.15) is 5.82 Å². The van der Waals surface area contributed by atoms with Crippen LogP contribution in [0.3, 0.4) is 0 Å². The van der Waals surface area contributed by atoms with E-state index in [-0.39, 0.29) is 0 Å². The van der Waals surface area contributed by atoms with Crippen LogP contribution in [0.15, 0.2) is 243 Å². The van der Waals surface area contributed by atoms with E-state index in [0.717, 1.165) is 66.9 Å². The van der Waals surface area contributed by atoms with Gasteiger partial charge in [-0.1, -0.05) is 188 Å². The van der Waals surface area contributed by atoms with Crippen LogP contribution in [0.2, 0.25) is 0 Å². The van der Waals surface area contributed by atoms with Gasteiger partial charge in [0.15, 0.2) is 8.07 Å². The van der Waals surface area contributed by atoms with Gasteiger partial charge in [-0.15, -0.1) is 0 Å². The molecule has 5 aromatic heterocycles. The maximum atomic E-state index is 5.60. The maximum Gasteiger partial charge on any atom is 0.239 e. The molecule has 0 saturated carbocycles. The molecule has 0 aliphatic carbocycles. The number of hydrogen-bond acceptors (Lipinski definition) is 4. The lowest BCUT2D eigenvalue weighted by Gasteiger charge is -2.35. The zero-order valence-electron chi connectivity index (χ0n) is 37.2. The van der Waals surface area contributed by atoms with E-state index < -0.39 is 8.07 Å². The van der Waals surface area contributed by atoms with E-state index >= 15 is 0 Å². The van der Waals surface area contributed by atoms with Gasteiger partial charge in [0, 0.05) is 11.6 Å². The third-order valence-corrected chi connectivity index (χ3v) is 18.5. The second kappa shape index (κ2) is 15.4. The summed E-state index contributed by atoms with van der Waals surface area (Å²) in [7, 11) is -3.03. The first-order valence-corrected chi connectivity index (χ1v) is 25.2. The van der Waals surface area contributed by atoms with Crippen molar-refractivity contribution >= 4 is 84.5 Å². The molecule has 0 bridgehead atoms. The molecule has 324 valence electrons. The molecule has 8 nitrogen and oxygen atoms in total. The molecule has 0 unspecified atom stereocenters. The van der Waals surface area contributed by atoms with Gasteiger partial charge in [-0.2, -0.15) is 4.98 Å². The number of benzene rings is 9. The molecule has 0 saturated heterocycles. The number of fused-ring (bicyclic) bond motifs is 10. The number of imidazole rings is 4. The van der Waals surface area contributed by atoms with E-state index in [4.69, 9.17) is 19.9 Å². The van der Waals surface area contributed by atoms with Crippen molar-refractivity contribution in [2.45, 2.75) is 0 Å². The largest absolute Gasteiger partial charge is 0.276 e. The predicted molar refractivity (Wildman–Crippen MR) is 283 cm³/mol. The summed E-state index contributed by atoms with van der Waals surface area (Å²) in [6.07, 6.45) is 0. The zero-order valence-corrected chi connectivity index (χ0v) is 38.2. The van der Waals surface area contributed by atoms with Crippen molar-refractivity contribution in [3.8, 4) is 34.2 Å². The predicted octanol–water partition coefficient (Wildman–Crippen LogP) is 10.7. The first-order chi connectivity index (χ1) is 34.2. The molecule has 0 fully saturated rings. The number of rotatable bonds is 8. The fourth-order valence-electron chi connectivity index (χ4n) is 10.8. The van der Waals surface area contributed by atoms with E-state index in [1.54, 1.807) is 0 Å². The Bertz CT molecular complexity index is 4060. The molecule has 0 N–H and O–H groups in total. The Morgan fingerprint density at radius 2 is 0.710 bits per heavy atom. The third kappa shape index (κ3) is 5.94. The molecule has 69 heavy (non-hydrogen) atoms. The van der Waals surface area contributed by atoms with Crippen molar-refractivity contribution in [3.05, 3.63) is 243 Å². The van der Waals surface area contributed by atoms with E-state index in [1.807, 2.05) is 12.1 Å². The van der Waals surface area contributed by atoms with Gasteiger partial charge in [-0.25, -0.2) is 19.5 Å². The summed E-state index contributed by atoms with van der Waals surface area (Å²) < 4.78 is 8.75. The third-order valence-electron chi connectivity index (χ3n) is 13.8. The molecule has 0 aliphatic rings. The maximum absolute atomic E-state index is 5.60. The Labute approximate surface area is 397 Å². The minimum Gasteiger partial charge on any atom is -0.276 e. The Kier molecular flexibility index (Phi) is 8.74. The molecule has 9 heteroatoms. The van der Waals surface area contributed by atoms with E-state index in [2.05, 4.69) is 248 Å². The molecule has 0 radical (unpaired) electrons. The summed E-state index contributed by atoms with van der Waals surface area (Å²) in [6.45, 7) is 0. The Morgan fingerprint density at radius 1 is 0.290 bits per heavy atom. The molecule has 0 atom stereocenters. The zero-order chi connectivity index (χ0) is 45.5. The highest BCUT2D eigenvalue weighted by Gasteiger charge is 2.42.